The number of nitrogens with one attached hydrogen (secondary N) is 3. The molecule has 1 aliphatic rings. The first kappa shape index (κ1) is 22.6. The number of aliphatic imine (C=N–C) groups is 1. The number of amides is 1. The van der Waals surface area contributed by atoms with Crippen molar-refractivity contribution in [3.63, 3.8) is 0 Å². The maximum atomic E-state index is 11.9. The highest BCUT2D eigenvalue weighted by molar-refractivity contribution is 5.94. The van der Waals surface area contributed by atoms with Crippen LogP contribution in [-0.2, 0) is 17.8 Å². The first-order valence-electron chi connectivity index (χ1n) is 10.7. The molecule has 1 amide bonds. The molecule has 1 unspecified atom stereocenters. The zero-order valence-corrected chi connectivity index (χ0v) is 18.5. The van der Waals surface area contributed by atoms with E-state index in [0.717, 1.165) is 35.5 Å². The van der Waals surface area contributed by atoms with Crippen molar-refractivity contribution in [3.05, 3.63) is 64.7 Å². The maximum absolute atomic E-state index is 11.9. The Balaban J connectivity index is 1.54. The monoisotopic (exact) mass is 424 g/mol. The number of guanidine groups is 1. The summed E-state index contributed by atoms with van der Waals surface area (Å²) >= 11 is 0. The third-order valence-corrected chi connectivity index (χ3v) is 5.09. The van der Waals surface area contributed by atoms with Crippen LogP contribution < -0.4 is 20.7 Å². The van der Waals surface area contributed by atoms with Crippen molar-refractivity contribution in [3.8, 4) is 5.75 Å². The smallest absolute Gasteiger partial charge is 0.251 e. The number of carbonyl (C=O) groups excluding carboxylic acids is 1. The van der Waals surface area contributed by atoms with Crippen LogP contribution in [0.2, 0.25) is 0 Å². The number of aryl methyl sites for hydroxylation is 1. The first-order chi connectivity index (χ1) is 15.1. The van der Waals surface area contributed by atoms with Gasteiger partial charge in [0.05, 0.1) is 13.2 Å². The van der Waals surface area contributed by atoms with E-state index in [-0.39, 0.29) is 12.0 Å². The first-order valence-corrected chi connectivity index (χ1v) is 10.7. The number of ether oxygens (including phenoxy) is 2. The number of rotatable bonds is 8. The SMILES string of the molecule is CCNC(=O)c1ccc(CNC(=NC)NCc2ccc(C)cc2OC2CCOC2)cc1. The molecular formula is C24H32N4O3. The van der Waals surface area contributed by atoms with Gasteiger partial charge in [0.25, 0.3) is 5.91 Å². The summed E-state index contributed by atoms with van der Waals surface area (Å²) in [5.41, 5.74) is 3.97. The topological polar surface area (TPSA) is 84.0 Å². The van der Waals surface area contributed by atoms with Gasteiger partial charge in [0.15, 0.2) is 5.96 Å². The van der Waals surface area contributed by atoms with E-state index in [1.807, 2.05) is 31.2 Å². The zero-order chi connectivity index (χ0) is 22.1. The van der Waals surface area contributed by atoms with Crippen LogP contribution in [0, 0.1) is 6.92 Å². The summed E-state index contributed by atoms with van der Waals surface area (Å²) in [6.07, 6.45) is 1.03. The fourth-order valence-electron chi connectivity index (χ4n) is 3.32. The normalized spacial score (nSPS) is 16.1. The summed E-state index contributed by atoms with van der Waals surface area (Å²) in [6.45, 7) is 7.18. The highest BCUT2D eigenvalue weighted by Gasteiger charge is 2.18. The second-order valence-corrected chi connectivity index (χ2v) is 7.55. The number of hydrogen-bond acceptors (Lipinski definition) is 4. The molecule has 0 radical (unpaired) electrons. The largest absolute Gasteiger partial charge is 0.488 e. The average Bonchev–Trinajstić information content (AvgIpc) is 3.28. The van der Waals surface area contributed by atoms with E-state index in [1.54, 1.807) is 7.05 Å². The van der Waals surface area contributed by atoms with E-state index in [4.69, 9.17) is 9.47 Å². The molecule has 7 heteroatoms. The van der Waals surface area contributed by atoms with E-state index < -0.39 is 0 Å². The number of hydrogen-bond donors (Lipinski definition) is 3. The number of nitrogens with zero attached hydrogens (tertiary/aromatic N) is 1. The van der Waals surface area contributed by atoms with Gasteiger partial charge in [-0.25, -0.2) is 0 Å². The van der Waals surface area contributed by atoms with Gasteiger partial charge in [0.1, 0.15) is 11.9 Å². The molecule has 1 aliphatic heterocycles. The third-order valence-electron chi connectivity index (χ3n) is 5.09. The number of benzene rings is 2. The molecule has 0 saturated carbocycles. The van der Waals surface area contributed by atoms with Crippen molar-refractivity contribution < 1.29 is 14.3 Å². The van der Waals surface area contributed by atoms with Gasteiger partial charge in [0.2, 0.25) is 0 Å². The fourth-order valence-corrected chi connectivity index (χ4v) is 3.32. The molecule has 7 nitrogen and oxygen atoms in total. The van der Waals surface area contributed by atoms with Gasteiger partial charge in [-0.15, -0.1) is 0 Å². The van der Waals surface area contributed by atoms with Crippen LogP contribution in [0.1, 0.15) is 40.4 Å². The van der Waals surface area contributed by atoms with Gasteiger partial charge in [-0.3, -0.25) is 9.79 Å². The molecule has 0 aromatic heterocycles. The van der Waals surface area contributed by atoms with Crippen LogP contribution in [0.25, 0.3) is 0 Å². The Labute approximate surface area is 184 Å². The molecule has 1 heterocycles. The minimum atomic E-state index is -0.0558. The highest BCUT2D eigenvalue weighted by Crippen LogP contribution is 2.23. The molecule has 1 atom stereocenters. The molecule has 1 saturated heterocycles. The lowest BCUT2D eigenvalue weighted by Gasteiger charge is -2.18. The summed E-state index contributed by atoms with van der Waals surface area (Å²) < 4.78 is 11.6. The molecule has 3 rings (SSSR count). The van der Waals surface area contributed by atoms with Crippen LogP contribution in [0.4, 0.5) is 0 Å². The second kappa shape index (κ2) is 11.4. The molecule has 1 fully saturated rings. The Morgan fingerprint density at radius 3 is 2.58 bits per heavy atom. The quantitative estimate of drug-likeness (QED) is 0.448. The van der Waals surface area contributed by atoms with Crippen LogP contribution >= 0.6 is 0 Å². The van der Waals surface area contributed by atoms with E-state index >= 15 is 0 Å². The average molecular weight is 425 g/mol. The van der Waals surface area contributed by atoms with Gasteiger partial charge in [-0.05, 0) is 43.2 Å². The lowest BCUT2D eigenvalue weighted by atomic mass is 10.1. The summed E-state index contributed by atoms with van der Waals surface area (Å²) in [4.78, 5) is 16.2. The van der Waals surface area contributed by atoms with Crippen molar-refractivity contribution in [2.45, 2.75) is 39.5 Å². The summed E-state index contributed by atoms with van der Waals surface area (Å²) in [5, 5.41) is 9.46. The summed E-state index contributed by atoms with van der Waals surface area (Å²) in [6, 6.07) is 13.8. The Hall–Kier alpha value is -3.06. The molecule has 31 heavy (non-hydrogen) atoms. The minimum absolute atomic E-state index is 0.0558. The van der Waals surface area contributed by atoms with E-state index in [2.05, 4.69) is 46.1 Å². The van der Waals surface area contributed by atoms with Gasteiger partial charge >= 0.3 is 0 Å². The Morgan fingerprint density at radius 2 is 1.90 bits per heavy atom. The summed E-state index contributed by atoms with van der Waals surface area (Å²) in [5.74, 6) is 1.53. The number of carbonyl (C=O) groups is 1. The van der Waals surface area contributed by atoms with Gasteiger partial charge in [0, 0.05) is 44.2 Å². The molecule has 3 N–H and O–H groups in total. The lowest BCUT2D eigenvalue weighted by Crippen LogP contribution is -2.36. The summed E-state index contributed by atoms with van der Waals surface area (Å²) in [7, 11) is 1.75. The van der Waals surface area contributed by atoms with Crippen molar-refractivity contribution in [1.82, 2.24) is 16.0 Å². The highest BCUT2D eigenvalue weighted by atomic mass is 16.5. The van der Waals surface area contributed by atoms with Crippen molar-refractivity contribution in [2.75, 3.05) is 26.8 Å². The standard InChI is InChI=1S/C24H32N4O3/c1-4-26-23(29)19-9-6-18(7-10-19)14-27-24(25-3)28-15-20-8-5-17(2)13-22(20)31-21-11-12-30-16-21/h5-10,13,21H,4,11-12,14-16H2,1-3H3,(H,26,29)(H2,25,27,28). The molecular weight excluding hydrogens is 392 g/mol. The molecule has 0 bridgehead atoms. The zero-order valence-electron chi connectivity index (χ0n) is 18.5. The van der Waals surface area contributed by atoms with Crippen LogP contribution in [0.5, 0.6) is 5.75 Å². The predicted molar refractivity (Wildman–Crippen MR) is 123 cm³/mol. The van der Waals surface area contributed by atoms with Gasteiger partial charge in [-0.2, -0.15) is 0 Å². The Bertz CT molecular complexity index is 890. The maximum Gasteiger partial charge on any atom is 0.251 e. The van der Waals surface area contributed by atoms with Crippen molar-refractivity contribution in [1.29, 1.82) is 0 Å². The molecule has 2 aromatic carbocycles. The lowest BCUT2D eigenvalue weighted by molar-refractivity contribution is 0.0956. The Morgan fingerprint density at radius 1 is 1.13 bits per heavy atom. The third kappa shape index (κ3) is 6.72. The Kier molecular flexibility index (Phi) is 8.29. The second-order valence-electron chi connectivity index (χ2n) is 7.55. The fraction of sp³-hybridized carbons (Fsp3) is 0.417. The van der Waals surface area contributed by atoms with Crippen molar-refractivity contribution >= 4 is 11.9 Å². The molecule has 0 spiro atoms. The predicted octanol–water partition coefficient (Wildman–Crippen LogP) is 2.78. The molecule has 2 aromatic rings. The molecule has 0 aliphatic carbocycles. The van der Waals surface area contributed by atoms with Crippen LogP contribution in [0.15, 0.2) is 47.5 Å². The minimum Gasteiger partial charge on any atom is -0.488 e. The van der Waals surface area contributed by atoms with Crippen LogP contribution in [0.3, 0.4) is 0 Å². The van der Waals surface area contributed by atoms with Crippen molar-refractivity contribution in [2.24, 2.45) is 4.99 Å². The van der Waals surface area contributed by atoms with Crippen LogP contribution in [-0.4, -0.2) is 44.8 Å². The molecule has 166 valence electrons. The van der Waals surface area contributed by atoms with E-state index in [1.165, 1.54) is 0 Å². The van der Waals surface area contributed by atoms with Gasteiger partial charge < -0.3 is 25.4 Å². The van der Waals surface area contributed by atoms with E-state index in [9.17, 15) is 4.79 Å². The van der Waals surface area contributed by atoms with Gasteiger partial charge in [-0.1, -0.05) is 24.3 Å². The van der Waals surface area contributed by atoms with E-state index in [0.29, 0.717) is 37.8 Å².